The SMILES string of the molecule is Cc1ccc(C2=CC=C(c3ccc4c(c3)C=CC4C(C)C)C2)cc1. The molecule has 0 aromatic heterocycles. The van der Waals surface area contributed by atoms with E-state index >= 15 is 0 Å². The van der Waals surface area contributed by atoms with E-state index in [9.17, 15) is 0 Å². The molecular weight excluding hydrogens is 288 g/mol. The summed E-state index contributed by atoms with van der Waals surface area (Å²) in [6.07, 6.45) is 10.3. The second-order valence-electron chi connectivity index (χ2n) is 7.40. The fraction of sp³-hybridized carbons (Fsp3) is 0.250. The van der Waals surface area contributed by atoms with Crippen molar-refractivity contribution in [1.29, 1.82) is 0 Å². The first-order valence-electron chi connectivity index (χ1n) is 8.91. The lowest BCUT2D eigenvalue weighted by Gasteiger charge is -2.16. The molecule has 0 heterocycles. The third kappa shape index (κ3) is 2.67. The van der Waals surface area contributed by atoms with Gasteiger partial charge >= 0.3 is 0 Å². The van der Waals surface area contributed by atoms with E-state index < -0.39 is 0 Å². The van der Waals surface area contributed by atoms with Crippen LogP contribution in [0.25, 0.3) is 17.2 Å². The highest BCUT2D eigenvalue weighted by Crippen LogP contribution is 2.39. The molecule has 1 unspecified atom stereocenters. The highest BCUT2D eigenvalue weighted by molar-refractivity contribution is 5.87. The van der Waals surface area contributed by atoms with Gasteiger partial charge in [0.15, 0.2) is 0 Å². The minimum absolute atomic E-state index is 0.577. The molecule has 0 aliphatic heterocycles. The minimum atomic E-state index is 0.577. The molecule has 24 heavy (non-hydrogen) atoms. The first-order chi connectivity index (χ1) is 11.6. The maximum atomic E-state index is 2.37. The molecule has 0 spiro atoms. The molecule has 0 saturated carbocycles. The largest absolute Gasteiger partial charge is 0.0761 e. The fourth-order valence-corrected chi connectivity index (χ4v) is 3.80. The molecule has 2 aliphatic rings. The van der Waals surface area contributed by atoms with Gasteiger partial charge in [0.2, 0.25) is 0 Å². The normalized spacial score (nSPS) is 18.8. The molecule has 0 amide bonds. The van der Waals surface area contributed by atoms with Gasteiger partial charge in [0.05, 0.1) is 0 Å². The molecule has 2 aromatic rings. The fourth-order valence-electron chi connectivity index (χ4n) is 3.80. The van der Waals surface area contributed by atoms with Crippen LogP contribution < -0.4 is 0 Å². The third-order valence-electron chi connectivity index (χ3n) is 5.31. The van der Waals surface area contributed by atoms with Gasteiger partial charge in [0.1, 0.15) is 0 Å². The van der Waals surface area contributed by atoms with Gasteiger partial charge in [-0.1, -0.05) is 80.1 Å². The lowest BCUT2D eigenvalue weighted by molar-refractivity contribution is 0.584. The van der Waals surface area contributed by atoms with Crippen molar-refractivity contribution >= 4 is 17.2 Å². The molecule has 4 rings (SSSR count). The van der Waals surface area contributed by atoms with Crippen molar-refractivity contribution < 1.29 is 0 Å². The summed E-state index contributed by atoms with van der Waals surface area (Å²) in [6, 6.07) is 15.9. The predicted octanol–water partition coefficient (Wildman–Crippen LogP) is 6.63. The summed E-state index contributed by atoms with van der Waals surface area (Å²) in [6.45, 7) is 6.74. The first-order valence-corrected chi connectivity index (χ1v) is 8.91. The van der Waals surface area contributed by atoms with Gasteiger partial charge < -0.3 is 0 Å². The highest BCUT2D eigenvalue weighted by Gasteiger charge is 2.21. The van der Waals surface area contributed by atoms with Gasteiger partial charge in [-0.25, -0.2) is 0 Å². The van der Waals surface area contributed by atoms with E-state index in [4.69, 9.17) is 0 Å². The summed E-state index contributed by atoms with van der Waals surface area (Å²) in [7, 11) is 0. The van der Waals surface area contributed by atoms with E-state index in [0.29, 0.717) is 11.8 Å². The number of aryl methyl sites for hydroxylation is 1. The van der Waals surface area contributed by atoms with Crippen LogP contribution in [0.4, 0.5) is 0 Å². The summed E-state index contributed by atoms with van der Waals surface area (Å²) >= 11 is 0. The molecule has 120 valence electrons. The van der Waals surface area contributed by atoms with Crippen LogP contribution >= 0.6 is 0 Å². The molecule has 2 aromatic carbocycles. The maximum absolute atomic E-state index is 2.37. The van der Waals surface area contributed by atoms with E-state index in [-0.39, 0.29) is 0 Å². The summed E-state index contributed by atoms with van der Waals surface area (Å²) in [5.74, 6) is 1.24. The number of fused-ring (bicyclic) bond motifs is 1. The van der Waals surface area contributed by atoms with Crippen molar-refractivity contribution in [3.63, 3.8) is 0 Å². The maximum Gasteiger partial charge on any atom is 0.00502 e. The molecule has 0 heteroatoms. The van der Waals surface area contributed by atoms with Crippen LogP contribution in [-0.2, 0) is 0 Å². The standard InChI is InChI=1S/C24H24/c1-16(2)23-12-11-22-15-21(10-13-24(22)23)20-9-8-19(14-20)18-6-4-17(3)5-7-18/h4-13,15-16,23H,14H2,1-3H3. The summed E-state index contributed by atoms with van der Waals surface area (Å²) in [4.78, 5) is 0. The number of allylic oxidation sites excluding steroid dienone is 5. The number of hydrogen-bond acceptors (Lipinski definition) is 0. The Kier molecular flexibility index (Phi) is 3.76. The molecule has 0 saturated heterocycles. The summed E-state index contributed by atoms with van der Waals surface area (Å²) in [5, 5.41) is 0. The van der Waals surface area contributed by atoms with Crippen LogP contribution in [0.2, 0.25) is 0 Å². The van der Waals surface area contributed by atoms with Gasteiger partial charge in [0.25, 0.3) is 0 Å². The zero-order valence-electron chi connectivity index (χ0n) is 14.7. The smallest absolute Gasteiger partial charge is 0.00502 e. The zero-order chi connectivity index (χ0) is 16.7. The molecule has 0 bridgehead atoms. The molecule has 0 nitrogen and oxygen atoms in total. The van der Waals surface area contributed by atoms with Crippen LogP contribution in [0.1, 0.15) is 54.0 Å². The van der Waals surface area contributed by atoms with Crippen molar-refractivity contribution in [3.8, 4) is 0 Å². The Labute approximate surface area is 145 Å². The average Bonchev–Trinajstić information content (AvgIpc) is 3.22. The Hall–Kier alpha value is -2.34. The first kappa shape index (κ1) is 15.2. The zero-order valence-corrected chi connectivity index (χ0v) is 14.7. The number of rotatable bonds is 3. The third-order valence-corrected chi connectivity index (χ3v) is 5.31. The van der Waals surface area contributed by atoms with Crippen LogP contribution in [0.5, 0.6) is 0 Å². The monoisotopic (exact) mass is 312 g/mol. The van der Waals surface area contributed by atoms with Crippen LogP contribution in [0.3, 0.4) is 0 Å². The predicted molar refractivity (Wildman–Crippen MR) is 105 cm³/mol. The van der Waals surface area contributed by atoms with Crippen LogP contribution in [0, 0.1) is 12.8 Å². The Morgan fingerprint density at radius 1 is 0.875 bits per heavy atom. The molecule has 2 aliphatic carbocycles. The van der Waals surface area contributed by atoms with Crippen molar-refractivity contribution in [2.75, 3.05) is 0 Å². The van der Waals surface area contributed by atoms with Gasteiger partial charge in [0, 0.05) is 5.92 Å². The number of hydrogen-bond donors (Lipinski definition) is 0. The lowest BCUT2D eigenvalue weighted by atomic mass is 9.89. The van der Waals surface area contributed by atoms with Gasteiger partial charge in [-0.05, 0) is 58.7 Å². The Bertz CT molecular complexity index is 857. The summed E-state index contributed by atoms with van der Waals surface area (Å²) < 4.78 is 0. The minimum Gasteiger partial charge on any atom is -0.0761 e. The summed E-state index contributed by atoms with van der Waals surface area (Å²) in [5.41, 5.74) is 9.75. The van der Waals surface area contributed by atoms with Crippen LogP contribution in [-0.4, -0.2) is 0 Å². The van der Waals surface area contributed by atoms with E-state index in [0.717, 1.165) is 6.42 Å². The van der Waals surface area contributed by atoms with Crippen molar-refractivity contribution in [1.82, 2.24) is 0 Å². The van der Waals surface area contributed by atoms with Gasteiger partial charge in [-0.2, -0.15) is 0 Å². The van der Waals surface area contributed by atoms with E-state index in [2.05, 4.69) is 87.5 Å². The molecule has 0 N–H and O–H groups in total. The van der Waals surface area contributed by atoms with Gasteiger partial charge in [-0.3, -0.25) is 0 Å². The molecular formula is C24H24. The van der Waals surface area contributed by atoms with E-state index in [1.165, 1.54) is 39.0 Å². The highest BCUT2D eigenvalue weighted by atomic mass is 14.3. The average molecular weight is 312 g/mol. The Morgan fingerprint density at radius 3 is 2.25 bits per heavy atom. The van der Waals surface area contributed by atoms with E-state index in [1.54, 1.807) is 0 Å². The molecule has 0 fully saturated rings. The van der Waals surface area contributed by atoms with Crippen molar-refractivity contribution in [2.45, 2.75) is 33.1 Å². The van der Waals surface area contributed by atoms with Crippen molar-refractivity contribution in [3.05, 3.63) is 88.5 Å². The van der Waals surface area contributed by atoms with E-state index in [1.807, 2.05) is 0 Å². The lowest BCUT2D eigenvalue weighted by Crippen LogP contribution is -2.01. The van der Waals surface area contributed by atoms with Crippen LogP contribution in [0.15, 0.2) is 60.7 Å². The Morgan fingerprint density at radius 2 is 1.54 bits per heavy atom. The number of benzene rings is 2. The van der Waals surface area contributed by atoms with Crippen molar-refractivity contribution in [2.24, 2.45) is 5.92 Å². The molecule has 0 radical (unpaired) electrons. The quantitative estimate of drug-likeness (QED) is 0.596. The second kappa shape index (κ2) is 5.94. The Balaban J connectivity index is 1.55. The molecule has 1 atom stereocenters. The topological polar surface area (TPSA) is 0 Å². The van der Waals surface area contributed by atoms with Gasteiger partial charge in [-0.15, -0.1) is 0 Å². The second-order valence-corrected chi connectivity index (χ2v) is 7.40.